The molecular formula is C9H12N2O2. The number of aromatic hydroxyl groups is 1. The maximum absolute atomic E-state index is 9.57. The molecule has 0 saturated heterocycles. The highest BCUT2D eigenvalue weighted by molar-refractivity contribution is 5.35. The summed E-state index contributed by atoms with van der Waals surface area (Å²) in [6.45, 7) is 5.57. The molecule has 0 aromatic carbocycles. The molecule has 1 N–H and O–H groups in total. The maximum atomic E-state index is 9.57. The molecule has 2 unspecified atom stereocenters. The van der Waals surface area contributed by atoms with Gasteiger partial charge in [-0.1, -0.05) is 0 Å². The molecule has 2 heterocycles. The maximum Gasteiger partial charge on any atom is 0.220 e. The van der Waals surface area contributed by atoms with E-state index in [1.54, 1.807) is 6.92 Å². The third kappa shape index (κ3) is 1.18. The highest BCUT2D eigenvalue weighted by atomic mass is 16.5. The van der Waals surface area contributed by atoms with Gasteiger partial charge in [0.2, 0.25) is 5.88 Å². The Hall–Kier alpha value is -1.16. The number of ether oxygens (including phenoxy) is 1. The van der Waals surface area contributed by atoms with E-state index in [1.807, 2.05) is 13.8 Å². The lowest BCUT2D eigenvalue weighted by molar-refractivity contribution is 0.0312. The zero-order valence-corrected chi connectivity index (χ0v) is 7.90. The molecule has 1 aliphatic rings. The van der Waals surface area contributed by atoms with Crippen LogP contribution in [0.3, 0.4) is 0 Å². The minimum Gasteiger partial charge on any atom is -0.493 e. The highest BCUT2D eigenvalue weighted by Crippen LogP contribution is 2.40. The lowest BCUT2D eigenvalue weighted by Gasteiger charge is -2.04. The van der Waals surface area contributed by atoms with E-state index in [0.717, 1.165) is 11.3 Å². The van der Waals surface area contributed by atoms with Crippen LogP contribution in [0.5, 0.6) is 5.88 Å². The van der Waals surface area contributed by atoms with Crippen molar-refractivity contribution in [2.24, 2.45) is 0 Å². The SMILES string of the molecule is Cc1nc(O)c2c(n1)C(C)OC2C. The molecule has 0 amide bonds. The first-order chi connectivity index (χ1) is 6.09. The molecule has 0 fully saturated rings. The Morgan fingerprint density at radius 1 is 1.23 bits per heavy atom. The molecule has 4 heteroatoms. The summed E-state index contributed by atoms with van der Waals surface area (Å²) < 4.78 is 5.50. The van der Waals surface area contributed by atoms with Crippen molar-refractivity contribution < 1.29 is 9.84 Å². The number of aryl methyl sites for hydroxylation is 1. The minimum absolute atomic E-state index is 0.0439. The van der Waals surface area contributed by atoms with E-state index in [9.17, 15) is 5.11 Å². The zero-order chi connectivity index (χ0) is 9.59. The number of nitrogens with zero attached hydrogens (tertiary/aromatic N) is 2. The van der Waals surface area contributed by atoms with Crippen molar-refractivity contribution in [3.8, 4) is 5.88 Å². The molecule has 0 radical (unpaired) electrons. The van der Waals surface area contributed by atoms with Gasteiger partial charge in [0.1, 0.15) is 5.82 Å². The molecule has 0 bridgehead atoms. The molecule has 1 aromatic rings. The van der Waals surface area contributed by atoms with Crippen LogP contribution < -0.4 is 0 Å². The molecule has 0 aliphatic carbocycles. The van der Waals surface area contributed by atoms with Crippen LogP contribution >= 0.6 is 0 Å². The van der Waals surface area contributed by atoms with Crippen molar-refractivity contribution >= 4 is 0 Å². The van der Waals surface area contributed by atoms with Gasteiger partial charge in [-0.2, -0.15) is 4.98 Å². The summed E-state index contributed by atoms with van der Waals surface area (Å²) in [6.07, 6.45) is -0.150. The molecule has 13 heavy (non-hydrogen) atoms. The van der Waals surface area contributed by atoms with Crippen LogP contribution in [0.4, 0.5) is 0 Å². The van der Waals surface area contributed by atoms with Crippen LogP contribution in [-0.4, -0.2) is 15.1 Å². The van der Waals surface area contributed by atoms with E-state index < -0.39 is 0 Å². The molecular weight excluding hydrogens is 168 g/mol. The molecule has 1 aliphatic heterocycles. The molecule has 4 nitrogen and oxygen atoms in total. The molecule has 1 aromatic heterocycles. The third-order valence-corrected chi connectivity index (χ3v) is 2.27. The summed E-state index contributed by atoms with van der Waals surface area (Å²) in [4.78, 5) is 8.14. The normalized spacial score (nSPS) is 26.1. The van der Waals surface area contributed by atoms with Gasteiger partial charge in [-0.15, -0.1) is 0 Å². The van der Waals surface area contributed by atoms with Gasteiger partial charge in [0.15, 0.2) is 0 Å². The number of hydrogen-bond acceptors (Lipinski definition) is 4. The largest absolute Gasteiger partial charge is 0.493 e. The van der Waals surface area contributed by atoms with E-state index in [4.69, 9.17) is 4.74 Å². The van der Waals surface area contributed by atoms with E-state index in [-0.39, 0.29) is 18.1 Å². The van der Waals surface area contributed by atoms with Crippen LogP contribution in [0, 0.1) is 6.92 Å². The van der Waals surface area contributed by atoms with Crippen molar-refractivity contribution in [3.05, 3.63) is 17.1 Å². The average molecular weight is 180 g/mol. The highest BCUT2D eigenvalue weighted by Gasteiger charge is 2.31. The van der Waals surface area contributed by atoms with Gasteiger partial charge in [0.05, 0.1) is 23.5 Å². The monoisotopic (exact) mass is 180 g/mol. The van der Waals surface area contributed by atoms with Crippen molar-refractivity contribution in [1.29, 1.82) is 0 Å². The quantitative estimate of drug-likeness (QED) is 0.659. The van der Waals surface area contributed by atoms with Crippen LogP contribution in [-0.2, 0) is 4.74 Å². The number of rotatable bonds is 0. The first-order valence-corrected chi connectivity index (χ1v) is 4.32. The lowest BCUT2D eigenvalue weighted by Crippen LogP contribution is -1.98. The van der Waals surface area contributed by atoms with Gasteiger partial charge in [-0.25, -0.2) is 4.98 Å². The van der Waals surface area contributed by atoms with Gasteiger partial charge in [-0.3, -0.25) is 0 Å². The van der Waals surface area contributed by atoms with Gasteiger partial charge in [0, 0.05) is 0 Å². The van der Waals surface area contributed by atoms with E-state index in [2.05, 4.69) is 9.97 Å². The first kappa shape index (κ1) is 8.44. The van der Waals surface area contributed by atoms with Crippen LogP contribution in [0.25, 0.3) is 0 Å². The fourth-order valence-electron chi connectivity index (χ4n) is 1.73. The third-order valence-electron chi connectivity index (χ3n) is 2.27. The number of aromatic nitrogens is 2. The summed E-state index contributed by atoms with van der Waals surface area (Å²) >= 11 is 0. The zero-order valence-electron chi connectivity index (χ0n) is 7.90. The average Bonchev–Trinajstić information content (AvgIpc) is 2.27. The van der Waals surface area contributed by atoms with Crippen molar-refractivity contribution in [2.45, 2.75) is 33.0 Å². The fraction of sp³-hybridized carbons (Fsp3) is 0.556. The number of hydrogen-bond donors (Lipinski definition) is 1. The van der Waals surface area contributed by atoms with Crippen LogP contribution in [0.1, 0.15) is 43.1 Å². The van der Waals surface area contributed by atoms with Crippen molar-refractivity contribution in [2.75, 3.05) is 0 Å². The van der Waals surface area contributed by atoms with Gasteiger partial charge in [0.25, 0.3) is 0 Å². The standard InChI is InChI=1S/C9H12N2O2/c1-4-7-8(5(2)13-4)10-6(3)11-9(7)12/h4-5H,1-3H3,(H,10,11,12). The predicted octanol–water partition coefficient (Wildman–Crippen LogP) is 1.64. The van der Waals surface area contributed by atoms with Gasteiger partial charge < -0.3 is 9.84 Å². The summed E-state index contributed by atoms with van der Waals surface area (Å²) in [6, 6.07) is 0. The lowest BCUT2D eigenvalue weighted by atomic mass is 10.1. The van der Waals surface area contributed by atoms with Gasteiger partial charge >= 0.3 is 0 Å². The van der Waals surface area contributed by atoms with Crippen molar-refractivity contribution in [3.63, 3.8) is 0 Å². The summed E-state index contributed by atoms with van der Waals surface area (Å²) in [7, 11) is 0. The Morgan fingerprint density at radius 2 is 1.92 bits per heavy atom. The minimum atomic E-state index is -0.106. The summed E-state index contributed by atoms with van der Waals surface area (Å²) in [5.74, 6) is 0.639. The molecule has 0 saturated carbocycles. The van der Waals surface area contributed by atoms with E-state index >= 15 is 0 Å². The second-order valence-corrected chi connectivity index (χ2v) is 3.31. The van der Waals surface area contributed by atoms with Crippen molar-refractivity contribution in [1.82, 2.24) is 9.97 Å². The molecule has 70 valence electrons. The Labute approximate surface area is 76.6 Å². The predicted molar refractivity (Wildman–Crippen MR) is 46.3 cm³/mol. The Balaban J connectivity index is 2.63. The summed E-state index contributed by atoms with van der Waals surface area (Å²) in [5, 5.41) is 9.57. The Kier molecular flexibility index (Phi) is 1.73. The topological polar surface area (TPSA) is 55.2 Å². The summed E-state index contributed by atoms with van der Waals surface area (Å²) in [5.41, 5.74) is 1.55. The second-order valence-electron chi connectivity index (χ2n) is 3.31. The molecule has 2 atom stereocenters. The van der Waals surface area contributed by atoms with Crippen LogP contribution in [0.2, 0.25) is 0 Å². The Bertz CT molecular complexity index is 352. The number of fused-ring (bicyclic) bond motifs is 1. The first-order valence-electron chi connectivity index (χ1n) is 4.32. The van der Waals surface area contributed by atoms with Gasteiger partial charge in [-0.05, 0) is 20.8 Å². The van der Waals surface area contributed by atoms with Crippen LogP contribution in [0.15, 0.2) is 0 Å². The van der Waals surface area contributed by atoms with E-state index in [0.29, 0.717) is 5.82 Å². The Morgan fingerprint density at radius 3 is 2.62 bits per heavy atom. The molecule has 0 spiro atoms. The molecule has 2 rings (SSSR count). The van der Waals surface area contributed by atoms with E-state index in [1.165, 1.54) is 0 Å². The second kappa shape index (κ2) is 2.67. The smallest absolute Gasteiger partial charge is 0.220 e. The fourth-order valence-corrected chi connectivity index (χ4v) is 1.73.